The molecule has 25 heavy (non-hydrogen) atoms. The van der Waals surface area contributed by atoms with Crippen LogP contribution < -0.4 is 15.2 Å². The van der Waals surface area contributed by atoms with Crippen LogP contribution in [0.2, 0.25) is 0 Å². The van der Waals surface area contributed by atoms with E-state index >= 15 is 0 Å². The lowest BCUT2D eigenvalue weighted by Gasteiger charge is -2.08. The van der Waals surface area contributed by atoms with Gasteiger partial charge >= 0.3 is 0 Å². The van der Waals surface area contributed by atoms with E-state index in [1.54, 1.807) is 0 Å². The minimum Gasteiger partial charge on any atom is -0.491 e. The molecule has 3 aromatic rings. The lowest BCUT2D eigenvalue weighted by Crippen LogP contribution is -1.99. The van der Waals surface area contributed by atoms with Gasteiger partial charge in [0.1, 0.15) is 5.75 Å². The maximum absolute atomic E-state index is 6.12. The van der Waals surface area contributed by atoms with Gasteiger partial charge in [-0.15, -0.1) is 0 Å². The number of imidazole rings is 1. The highest BCUT2D eigenvalue weighted by Crippen LogP contribution is 2.30. The summed E-state index contributed by atoms with van der Waals surface area (Å²) in [5.74, 6) is 1.52. The highest BCUT2D eigenvalue weighted by molar-refractivity contribution is 5.71. The van der Waals surface area contributed by atoms with Crippen molar-refractivity contribution in [2.45, 2.75) is 33.1 Å². The Bertz CT molecular complexity index is 842. The topological polar surface area (TPSA) is 61.8 Å². The molecule has 132 valence electrons. The molecule has 0 amide bonds. The molecule has 0 saturated heterocycles. The number of benzene rings is 1. The Hall–Kier alpha value is -2.69. The molecule has 2 aromatic heterocycles. The van der Waals surface area contributed by atoms with Gasteiger partial charge in [-0.25, -0.2) is 4.98 Å². The summed E-state index contributed by atoms with van der Waals surface area (Å²) in [7, 11) is 0. The number of unbranched alkanes of at least 4 members (excludes halogenated alkanes) is 1. The van der Waals surface area contributed by atoms with Crippen LogP contribution in [0.1, 0.15) is 33.1 Å². The number of hydrogen-bond acceptors (Lipinski definition) is 4. The van der Waals surface area contributed by atoms with Crippen LogP contribution in [0.5, 0.6) is 11.5 Å². The van der Waals surface area contributed by atoms with Crippen LogP contribution in [0.25, 0.3) is 16.9 Å². The van der Waals surface area contributed by atoms with E-state index < -0.39 is 0 Å². The van der Waals surface area contributed by atoms with Gasteiger partial charge in [-0.05, 0) is 43.2 Å². The Balaban J connectivity index is 1.88. The highest BCUT2D eigenvalue weighted by Gasteiger charge is 2.10. The molecule has 0 bridgehead atoms. The Morgan fingerprint density at radius 3 is 2.64 bits per heavy atom. The van der Waals surface area contributed by atoms with Crippen molar-refractivity contribution in [3.05, 3.63) is 42.7 Å². The van der Waals surface area contributed by atoms with Crippen molar-refractivity contribution in [3.8, 4) is 22.8 Å². The fraction of sp³-hybridized carbons (Fsp3) is 0.350. The molecule has 0 atom stereocenters. The summed E-state index contributed by atoms with van der Waals surface area (Å²) in [6.07, 6.45) is 7.05. The summed E-state index contributed by atoms with van der Waals surface area (Å²) in [6.45, 7) is 5.59. The molecule has 0 radical (unpaired) electrons. The molecule has 5 nitrogen and oxygen atoms in total. The smallest absolute Gasteiger partial charge is 0.180 e. The monoisotopic (exact) mass is 339 g/mol. The second-order valence-electron chi connectivity index (χ2n) is 6.03. The summed E-state index contributed by atoms with van der Waals surface area (Å²) in [5.41, 5.74) is 9.39. The third-order valence-electron chi connectivity index (χ3n) is 3.97. The number of rotatable bonds is 8. The summed E-state index contributed by atoms with van der Waals surface area (Å²) >= 11 is 0. The fourth-order valence-electron chi connectivity index (χ4n) is 2.62. The third kappa shape index (κ3) is 3.87. The van der Waals surface area contributed by atoms with Crippen LogP contribution >= 0.6 is 0 Å². The van der Waals surface area contributed by atoms with Gasteiger partial charge in [0.15, 0.2) is 11.4 Å². The summed E-state index contributed by atoms with van der Waals surface area (Å²) < 4.78 is 13.5. The number of nitrogen functional groups attached to an aromatic ring is 1. The molecule has 0 unspecified atom stereocenters. The van der Waals surface area contributed by atoms with Crippen molar-refractivity contribution in [2.75, 3.05) is 18.9 Å². The van der Waals surface area contributed by atoms with E-state index in [0.717, 1.165) is 47.7 Å². The van der Waals surface area contributed by atoms with Gasteiger partial charge in [-0.3, -0.25) is 0 Å². The number of nitrogens with zero attached hydrogens (tertiary/aromatic N) is 2. The first-order valence-electron chi connectivity index (χ1n) is 8.86. The van der Waals surface area contributed by atoms with Gasteiger partial charge in [0.2, 0.25) is 0 Å². The maximum Gasteiger partial charge on any atom is 0.180 e. The number of aromatic nitrogens is 2. The number of hydrogen-bond donors (Lipinski definition) is 1. The summed E-state index contributed by atoms with van der Waals surface area (Å²) in [6, 6.07) is 9.72. The molecular weight excluding hydrogens is 314 g/mol. The SMILES string of the molecule is CCCCOc1cccn2cc(-c3ccc(OCCC)c(N)c3)nc12. The van der Waals surface area contributed by atoms with Gasteiger partial charge in [0.05, 0.1) is 24.6 Å². The van der Waals surface area contributed by atoms with Crippen LogP contribution in [0.3, 0.4) is 0 Å². The molecule has 2 heterocycles. The molecule has 0 fully saturated rings. The normalized spacial score (nSPS) is 11.0. The Kier molecular flexibility index (Phi) is 5.43. The van der Waals surface area contributed by atoms with Crippen molar-refractivity contribution in [3.63, 3.8) is 0 Å². The van der Waals surface area contributed by atoms with Crippen LogP contribution in [-0.4, -0.2) is 22.6 Å². The molecule has 5 heteroatoms. The second-order valence-corrected chi connectivity index (χ2v) is 6.03. The average molecular weight is 339 g/mol. The van der Waals surface area contributed by atoms with Gasteiger partial charge in [-0.2, -0.15) is 0 Å². The van der Waals surface area contributed by atoms with E-state index in [4.69, 9.17) is 20.2 Å². The van der Waals surface area contributed by atoms with Crippen molar-refractivity contribution < 1.29 is 9.47 Å². The number of pyridine rings is 1. The predicted octanol–water partition coefficient (Wildman–Crippen LogP) is 4.55. The lowest BCUT2D eigenvalue weighted by atomic mass is 10.1. The minimum absolute atomic E-state index is 0.627. The Labute approximate surface area is 148 Å². The molecule has 1 aromatic carbocycles. The van der Waals surface area contributed by atoms with E-state index in [1.807, 2.05) is 47.1 Å². The standard InChI is InChI=1S/C20H25N3O2/c1-3-5-12-25-19-7-6-10-23-14-17(22-20(19)23)15-8-9-18(16(21)13-15)24-11-4-2/h6-10,13-14H,3-5,11-12,21H2,1-2H3. The van der Waals surface area contributed by atoms with Crippen LogP contribution in [0.15, 0.2) is 42.7 Å². The third-order valence-corrected chi connectivity index (χ3v) is 3.97. The highest BCUT2D eigenvalue weighted by atomic mass is 16.5. The van der Waals surface area contributed by atoms with Crippen LogP contribution in [0.4, 0.5) is 5.69 Å². The Morgan fingerprint density at radius 2 is 1.88 bits per heavy atom. The minimum atomic E-state index is 0.627. The first kappa shape index (κ1) is 17.1. The summed E-state index contributed by atoms with van der Waals surface area (Å²) in [4.78, 5) is 4.74. The van der Waals surface area contributed by atoms with Crippen molar-refractivity contribution >= 4 is 11.3 Å². The van der Waals surface area contributed by atoms with Crippen molar-refractivity contribution in [1.82, 2.24) is 9.38 Å². The van der Waals surface area contributed by atoms with Crippen LogP contribution in [0, 0.1) is 0 Å². The fourth-order valence-corrected chi connectivity index (χ4v) is 2.62. The first-order valence-corrected chi connectivity index (χ1v) is 8.86. The lowest BCUT2D eigenvalue weighted by molar-refractivity contribution is 0.311. The quantitative estimate of drug-likeness (QED) is 0.483. The van der Waals surface area contributed by atoms with E-state index in [9.17, 15) is 0 Å². The summed E-state index contributed by atoms with van der Waals surface area (Å²) in [5, 5.41) is 0. The molecular formula is C20H25N3O2. The number of fused-ring (bicyclic) bond motifs is 1. The van der Waals surface area contributed by atoms with E-state index in [-0.39, 0.29) is 0 Å². The zero-order valence-electron chi connectivity index (χ0n) is 14.9. The molecule has 0 aliphatic rings. The molecule has 0 saturated carbocycles. The van der Waals surface area contributed by atoms with E-state index in [0.29, 0.717) is 18.9 Å². The molecule has 0 aliphatic heterocycles. The zero-order chi connectivity index (χ0) is 17.6. The van der Waals surface area contributed by atoms with E-state index in [2.05, 4.69) is 13.8 Å². The predicted molar refractivity (Wildman–Crippen MR) is 101 cm³/mol. The molecule has 0 spiro atoms. The van der Waals surface area contributed by atoms with Gasteiger partial charge in [0.25, 0.3) is 0 Å². The number of nitrogens with two attached hydrogens (primary N) is 1. The molecule has 2 N–H and O–H groups in total. The maximum atomic E-state index is 6.12. The Morgan fingerprint density at radius 1 is 1.04 bits per heavy atom. The molecule has 0 aliphatic carbocycles. The average Bonchev–Trinajstić information content (AvgIpc) is 3.06. The largest absolute Gasteiger partial charge is 0.491 e. The van der Waals surface area contributed by atoms with Gasteiger partial charge in [0, 0.05) is 18.0 Å². The van der Waals surface area contributed by atoms with Gasteiger partial charge in [-0.1, -0.05) is 20.3 Å². The number of anilines is 1. The molecule has 3 rings (SSSR count). The van der Waals surface area contributed by atoms with Crippen LogP contribution in [-0.2, 0) is 0 Å². The second kappa shape index (κ2) is 7.92. The first-order chi connectivity index (χ1) is 12.2. The van der Waals surface area contributed by atoms with Crippen molar-refractivity contribution in [1.29, 1.82) is 0 Å². The van der Waals surface area contributed by atoms with Crippen molar-refractivity contribution in [2.24, 2.45) is 0 Å². The zero-order valence-corrected chi connectivity index (χ0v) is 14.9. The number of ether oxygens (including phenoxy) is 2. The van der Waals surface area contributed by atoms with Gasteiger partial charge < -0.3 is 19.6 Å². The van der Waals surface area contributed by atoms with E-state index in [1.165, 1.54) is 0 Å².